The molecule has 0 atom stereocenters. The predicted molar refractivity (Wildman–Crippen MR) is 55.5 cm³/mol. The SMILES string of the molecule is CC1=CCCO1.Cc1ccccc1. The van der Waals surface area contributed by atoms with Gasteiger partial charge < -0.3 is 4.74 Å². The number of benzene rings is 1. The van der Waals surface area contributed by atoms with Crippen LogP contribution in [0.5, 0.6) is 0 Å². The van der Waals surface area contributed by atoms with Gasteiger partial charge in [-0.15, -0.1) is 0 Å². The molecule has 0 saturated heterocycles. The van der Waals surface area contributed by atoms with Gasteiger partial charge in [0, 0.05) is 6.42 Å². The van der Waals surface area contributed by atoms with E-state index in [0.717, 1.165) is 18.8 Å². The molecule has 2 rings (SSSR count). The first-order valence-corrected chi connectivity index (χ1v) is 4.60. The Labute approximate surface area is 80.0 Å². The molecule has 0 bridgehead atoms. The molecule has 1 heteroatoms. The smallest absolute Gasteiger partial charge is 0.0912 e. The second-order valence-electron chi connectivity index (χ2n) is 3.11. The maximum Gasteiger partial charge on any atom is 0.0912 e. The summed E-state index contributed by atoms with van der Waals surface area (Å²) in [4.78, 5) is 0. The minimum absolute atomic E-state index is 0.895. The summed E-state index contributed by atoms with van der Waals surface area (Å²) in [5.74, 6) is 1.08. The lowest BCUT2D eigenvalue weighted by atomic mass is 10.2. The number of allylic oxidation sites excluding steroid dienone is 1. The normalized spacial score (nSPS) is 13.8. The Hall–Kier alpha value is -1.24. The van der Waals surface area contributed by atoms with Crippen LogP contribution in [-0.2, 0) is 4.74 Å². The quantitative estimate of drug-likeness (QED) is 0.589. The fraction of sp³-hybridized carbons (Fsp3) is 0.333. The number of hydrogen-bond donors (Lipinski definition) is 0. The fourth-order valence-corrected chi connectivity index (χ4v) is 1.08. The summed E-state index contributed by atoms with van der Waals surface area (Å²) in [6.45, 7) is 4.96. The number of ether oxygens (including phenoxy) is 1. The van der Waals surface area contributed by atoms with Crippen molar-refractivity contribution in [3.63, 3.8) is 0 Å². The van der Waals surface area contributed by atoms with Crippen LogP contribution in [0.25, 0.3) is 0 Å². The molecular formula is C12H16O. The molecule has 1 aromatic rings. The maximum absolute atomic E-state index is 5.01. The lowest BCUT2D eigenvalue weighted by molar-refractivity contribution is 0.247. The van der Waals surface area contributed by atoms with Gasteiger partial charge in [0.05, 0.1) is 12.4 Å². The van der Waals surface area contributed by atoms with E-state index in [1.54, 1.807) is 0 Å². The lowest BCUT2D eigenvalue weighted by Gasteiger charge is -1.89. The zero-order valence-electron chi connectivity index (χ0n) is 8.29. The highest BCUT2D eigenvalue weighted by Gasteiger charge is 1.94. The topological polar surface area (TPSA) is 9.23 Å². The minimum atomic E-state index is 0.895. The van der Waals surface area contributed by atoms with Gasteiger partial charge in [0.1, 0.15) is 0 Å². The van der Waals surface area contributed by atoms with Crippen LogP contribution in [0.15, 0.2) is 42.2 Å². The number of hydrogen-bond acceptors (Lipinski definition) is 1. The Morgan fingerprint density at radius 1 is 1.08 bits per heavy atom. The van der Waals surface area contributed by atoms with Crippen molar-refractivity contribution in [2.45, 2.75) is 20.3 Å². The van der Waals surface area contributed by atoms with Crippen molar-refractivity contribution < 1.29 is 4.74 Å². The summed E-state index contributed by atoms with van der Waals surface area (Å²) < 4.78 is 5.01. The highest BCUT2D eigenvalue weighted by Crippen LogP contribution is 2.05. The van der Waals surface area contributed by atoms with E-state index in [-0.39, 0.29) is 0 Å². The highest BCUT2D eigenvalue weighted by molar-refractivity contribution is 5.11. The lowest BCUT2D eigenvalue weighted by Crippen LogP contribution is -1.76. The van der Waals surface area contributed by atoms with E-state index >= 15 is 0 Å². The molecule has 1 heterocycles. The third-order valence-corrected chi connectivity index (χ3v) is 1.82. The van der Waals surface area contributed by atoms with Crippen LogP contribution >= 0.6 is 0 Å². The van der Waals surface area contributed by atoms with Crippen LogP contribution in [0.4, 0.5) is 0 Å². The summed E-state index contributed by atoms with van der Waals surface area (Å²) in [7, 11) is 0. The van der Waals surface area contributed by atoms with Gasteiger partial charge in [-0.3, -0.25) is 0 Å². The number of rotatable bonds is 0. The zero-order chi connectivity index (χ0) is 9.52. The molecule has 0 saturated carbocycles. The molecule has 0 amide bonds. The molecule has 0 radical (unpaired) electrons. The van der Waals surface area contributed by atoms with Crippen LogP contribution < -0.4 is 0 Å². The van der Waals surface area contributed by atoms with Crippen molar-refractivity contribution in [2.75, 3.05) is 6.61 Å². The van der Waals surface area contributed by atoms with E-state index in [1.165, 1.54) is 5.56 Å². The minimum Gasteiger partial charge on any atom is -0.498 e. The van der Waals surface area contributed by atoms with Crippen molar-refractivity contribution in [2.24, 2.45) is 0 Å². The Morgan fingerprint density at radius 3 is 2.00 bits per heavy atom. The van der Waals surface area contributed by atoms with E-state index in [2.05, 4.69) is 25.1 Å². The van der Waals surface area contributed by atoms with Crippen molar-refractivity contribution >= 4 is 0 Å². The molecule has 0 fully saturated rings. The molecule has 13 heavy (non-hydrogen) atoms. The van der Waals surface area contributed by atoms with E-state index in [9.17, 15) is 0 Å². The molecule has 0 aromatic heterocycles. The Morgan fingerprint density at radius 2 is 1.77 bits per heavy atom. The van der Waals surface area contributed by atoms with E-state index < -0.39 is 0 Å². The second kappa shape index (κ2) is 5.41. The Kier molecular flexibility index (Phi) is 4.10. The molecule has 0 aliphatic carbocycles. The zero-order valence-corrected chi connectivity index (χ0v) is 8.29. The van der Waals surface area contributed by atoms with Crippen LogP contribution in [-0.4, -0.2) is 6.61 Å². The summed E-state index contributed by atoms with van der Waals surface area (Å²) in [6, 6.07) is 10.3. The predicted octanol–water partition coefficient (Wildman–Crippen LogP) is 3.31. The molecule has 1 aliphatic heterocycles. The van der Waals surface area contributed by atoms with E-state index in [0.29, 0.717) is 0 Å². The fourth-order valence-electron chi connectivity index (χ4n) is 1.08. The first-order chi connectivity index (χ1) is 6.29. The van der Waals surface area contributed by atoms with Crippen molar-refractivity contribution in [1.29, 1.82) is 0 Å². The Balaban J connectivity index is 0.000000132. The van der Waals surface area contributed by atoms with Gasteiger partial charge in [0.15, 0.2) is 0 Å². The molecule has 1 aromatic carbocycles. The largest absolute Gasteiger partial charge is 0.498 e. The first-order valence-electron chi connectivity index (χ1n) is 4.60. The average molecular weight is 176 g/mol. The second-order valence-corrected chi connectivity index (χ2v) is 3.11. The molecule has 0 N–H and O–H groups in total. The Bertz CT molecular complexity index is 262. The standard InChI is InChI=1S/C7H8.C5H8O/c1-7-5-3-2-4-6-7;1-5-3-2-4-6-5/h2-6H,1H3;3H,2,4H2,1H3. The summed E-state index contributed by atoms with van der Waals surface area (Å²) in [5, 5.41) is 0. The van der Waals surface area contributed by atoms with Gasteiger partial charge >= 0.3 is 0 Å². The summed E-state index contributed by atoms with van der Waals surface area (Å²) in [5.41, 5.74) is 1.32. The molecule has 0 unspecified atom stereocenters. The van der Waals surface area contributed by atoms with Gasteiger partial charge in [0.25, 0.3) is 0 Å². The first kappa shape index (κ1) is 9.85. The third-order valence-electron chi connectivity index (χ3n) is 1.82. The molecule has 1 nitrogen and oxygen atoms in total. The van der Waals surface area contributed by atoms with Gasteiger partial charge in [-0.2, -0.15) is 0 Å². The summed E-state index contributed by atoms with van der Waals surface area (Å²) >= 11 is 0. The molecule has 0 spiro atoms. The number of aryl methyl sites for hydroxylation is 1. The maximum atomic E-state index is 5.01. The van der Waals surface area contributed by atoms with Gasteiger partial charge in [-0.25, -0.2) is 0 Å². The third kappa shape index (κ3) is 4.36. The van der Waals surface area contributed by atoms with Gasteiger partial charge in [-0.05, 0) is 19.9 Å². The van der Waals surface area contributed by atoms with E-state index in [4.69, 9.17) is 4.74 Å². The van der Waals surface area contributed by atoms with Crippen LogP contribution in [0.3, 0.4) is 0 Å². The van der Waals surface area contributed by atoms with Gasteiger partial charge in [0.2, 0.25) is 0 Å². The van der Waals surface area contributed by atoms with Crippen molar-refractivity contribution in [3.8, 4) is 0 Å². The summed E-state index contributed by atoms with van der Waals surface area (Å²) in [6.07, 6.45) is 3.20. The van der Waals surface area contributed by atoms with E-state index in [1.807, 2.05) is 25.1 Å². The molecule has 1 aliphatic rings. The highest BCUT2D eigenvalue weighted by atomic mass is 16.5. The average Bonchev–Trinajstić information content (AvgIpc) is 2.58. The monoisotopic (exact) mass is 176 g/mol. The van der Waals surface area contributed by atoms with Crippen LogP contribution in [0.1, 0.15) is 18.9 Å². The van der Waals surface area contributed by atoms with Gasteiger partial charge in [-0.1, -0.05) is 35.9 Å². The molecular weight excluding hydrogens is 160 g/mol. The van der Waals surface area contributed by atoms with Crippen molar-refractivity contribution in [1.82, 2.24) is 0 Å². The molecule has 70 valence electrons. The van der Waals surface area contributed by atoms with Crippen LogP contribution in [0.2, 0.25) is 0 Å². The van der Waals surface area contributed by atoms with Crippen molar-refractivity contribution in [3.05, 3.63) is 47.7 Å². The van der Waals surface area contributed by atoms with Crippen LogP contribution in [0, 0.1) is 6.92 Å².